The van der Waals surface area contributed by atoms with Gasteiger partial charge in [0.15, 0.2) is 0 Å². The van der Waals surface area contributed by atoms with Gasteiger partial charge >= 0.3 is 0 Å². The molecule has 21 heavy (non-hydrogen) atoms. The van der Waals surface area contributed by atoms with Crippen LogP contribution in [-0.4, -0.2) is 45.0 Å². The quantitative estimate of drug-likeness (QED) is 0.768. The van der Waals surface area contributed by atoms with Crippen molar-refractivity contribution in [3.8, 4) is 0 Å². The van der Waals surface area contributed by atoms with Gasteiger partial charge in [0, 0.05) is 19.0 Å². The molecule has 4 nitrogen and oxygen atoms in total. The lowest BCUT2D eigenvalue weighted by Crippen LogP contribution is -2.39. The van der Waals surface area contributed by atoms with Gasteiger partial charge in [0.05, 0.1) is 6.04 Å². The lowest BCUT2D eigenvalue weighted by Gasteiger charge is -2.26. The SMILES string of the molecule is CCc1ccc(C(CNC(=O)C(C)CNC)N(C)C)cc1. The third-order valence-electron chi connectivity index (χ3n) is 3.82. The Morgan fingerprint density at radius 3 is 2.29 bits per heavy atom. The molecule has 0 saturated heterocycles. The predicted molar refractivity (Wildman–Crippen MR) is 88.3 cm³/mol. The highest BCUT2D eigenvalue weighted by Gasteiger charge is 2.17. The zero-order valence-electron chi connectivity index (χ0n) is 13.9. The topological polar surface area (TPSA) is 44.4 Å². The molecule has 4 heteroatoms. The number of benzene rings is 1. The van der Waals surface area contributed by atoms with Gasteiger partial charge in [-0.3, -0.25) is 4.79 Å². The number of nitrogens with zero attached hydrogens (tertiary/aromatic N) is 1. The molecule has 0 aromatic heterocycles. The molecule has 2 unspecified atom stereocenters. The van der Waals surface area contributed by atoms with E-state index in [1.165, 1.54) is 11.1 Å². The van der Waals surface area contributed by atoms with Crippen molar-refractivity contribution in [1.29, 1.82) is 0 Å². The van der Waals surface area contributed by atoms with Gasteiger partial charge in [-0.2, -0.15) is 0 Å². The second kappa shape index (κ2) is 8.80. The Labute approximate surface area is 128 Å². The molecule has 1 aromatic carbocycles. The van der Waals surface area contributed by atoms with Crippen molar-refractivity contribution >= 4 is 5.91 Å². The minimum Gasteiger partial charge on any atom is -0.354 e. The van der Waals surface area contributed by atoms with Crippen LogP contribution < -0.4 is 10.6 Å². The first-order valence-corrected chi connectivity index (χ1v) is 7.67. The second-order valence-electron chi connectivity index (χ2n) is 5.78. The highest BCUT2D eigenvalue weighted by atomic mass is 16.1. The van der Waals surface area contributed by atoms with Crippen LogP contribution in [0.1, 0.15) is 31.0 Å². The van der Waals surface area contributed by atoms with E-state index in [9.17, 15) is 4.79 Å². The van der Waals surface area contributed by atoms with Crippen LogP contribution in [0.2, 0.25) is 0 Å². The summed E-state index contributed by atoms with van der Waals surface area (Å²) in [7, 11) is 5.95. The fourth-order valence-corrected chi connectivity index (χ4v) is 2.34. The number of nitrogens with one attached hydrogen (secondary N) is 2. The van der Waals surface area contributed by atoms with E-state index in [2.05, 4.69) is 46.7 Å². The molecule has 2 atom stereocenters. The maximum absolute atomic E-state index is 12.0. The smallest absolute Gasteiger partial charge is 0.224 e. The highest BCUT2D eigenvalue weighted by Crippen LogP contribution is 2.18. The maximum atomic E-state index is 12.0. The molecule has 1 rings (SSSR count). The fourth-order valence-electron chi connectivity index (χ4n) is 2.34. The second-order valence-corrected chi connectivity index (χ2v) is 5.78. The molecular weight excluding hydrogens is 262 g/mol. The Morgan fingerprint density at radius 1 is 1.19 bits per heavy atom. The molecule has 0 fully saturated rings. The minimum atomic E-state index is -0.0136. The van der Waals surface area contributed by atoms with Crippen LogP contribution in [0, 0.1) is 5.92 Å². The first kappa shape index (κ1) is 17.7. The lowest BCUT2D eigenvalue weighted by atomic mass is 10.0. The van der Waals surface area contributed by atoms with Crippen LogP contribution in [0.25, 0.3) is 0 Å². The molecule has 0 saturated carbocycles. The molecule has 118 valence electrons. The van der Waals surface area contributed by atoms with Gasteiger partial charge in [-0.1, -0.05) is 38.1 Å². The number of rotatable bonds is 8. The van der Waals surface area contributed by atoms with Gasteiger partial charge in [0.1, 0.15) is 0 Å². The van der Waals surface area contributed by atoms with Crippen LogP contribution in [0.5, 0.6) is 0 Å². The third kappa shape index (κ3) is 5.48. The van der Waals surface area contributed by atoms with Crippen LogP contribution in [0.4, 0.5) is 0 Å². The Balaban J connectivity index is 2.67. The third-order valence-corrected chi connectivity index (χ3v) is 3.82. The number of carbonyl (C=O) groups excluding carboxylic acids is 1. The number of amides is 1. The highest BCUT2D eigenvalue weighted by molar-refractivity contribution is 5.78. The van der Waals surface area contributed by atoms with Gasteiger partial charge in [0.2, 0.25) is 5.91 Å². The summed E-state index contributed by atoms with van der Waals surface area (Å²) in [5.41, 5.74) is 2.57. The van der Waals surface area contributed by atoms with Gasteiger partial charge in [-0.05, 0) is 38.7 Å². The number of likely N-dealkylation sites (N-methyl/N-ethyl adjacent to an activating group) is 1. The average Bonchev–Trinajstić information content (AvgIpc) is 2.47. The maximum Gasteiger partial charge on any atom is 0.224 e. The molecule has 0 aliphatic heterocycles. The molecule has 1 aromatic rings. The van der Waals surface area contributed by atoms with E-state index in [1.54, 1.807) is 0 Å². The van der Waals surface area contributed by atoms with Crippen molar-refractivity contribution in [2.24, 2.45) is 5.92 Å². The standard InChI is InChI=1S/C17H29N3O/c1-6-14-7-9-15(10-8-14)16(20(4)5)12-19-17(21)13(2)11-18-3/h7-10,13,16,18H,6,11-12H2,1-5H3,(H,19,21). The van der Waals surface area contributed by atoms with Gasteiger partial charge in [-0.25, -0.2) is 0 Å². The van der Waals surface area contributed by atoms with Crippen molar-refractivity contribution in [1.82, 2.24) is 15.5 Å². The molecule has 0 radical (unpaired) electrons. The Hall–Kier alpha value is -1.39. The summed E-state index contributed by atoms with van der Waals surface area (Å²) in [6.45, 7) is 5.42. The summed E-state index contributed by atoms with van der Waals surface area (Å²) in [6, 6.07) is 8.84. The first-order chi connectivity index (χ1) is 9.99. The van der Waals surface area contributed by atoms with Gasteiger partial charge < -0.3 is 15.5 Å². The normalized spacial score (nSPS) is 14.0. The number of hydrogen-bond donors (Lipinski definition) is 2. The number of aryl methyl sites for hydroxylation is 1. The summed E-state index contributed by atoms with van der Waals surface area (Å²) < 4.78 is 0. The van der Waals surface area contributed by atoms with Crippen molar-refractivity contribution in [3.05, 3.63) is 35.4 Å². The van der Waals surface area contributed by atoms with Crippen molar-refractivity contribution < 1.29 is 4.79 Å². The van der Waals surface area contributed by atoms with Crippen molar-refractivity contribution in [2.75, 3.05) is 34.2 Å². The van der Waals surface area contributed by atoms with E-state index in [4.69, 9.17) is 0 Å². The van der Waals surface area contributed by atoms with Crippen molar-refractivity contribution in [3.63, 3.8) is 0 Å². The molecule has 0 aliphatic carbocycles. The zero-order valence-corrected chi connectivity index (χ0v) is 13.9. The number of hydrogen-bond acceptors (Lipinski definition) is 3. The van der Waals surface area contributed by atoms with Crippen LogP contribution in [-0.2, 0) is 11.2 Å². The van der Waals surface area contributed by atoms with E-state index in [0.29, 0.717) is 13.1 Å². The number of carbonyl (C=O) groups is 1. The lowest BCUT2D eigenvalue weighted by molar-refractivity contribution is -0.124. The molecule has 0 heterocycles. The van der Waals surface area contributed by atoms with E-state index >= 15 is 0 Å². The van der Waals surface area contributed by atoms with Gasteiger partial charge in [-0.15, -0.1) is 0 Å². The summed E-state index contributed by atoms with van der Waals surface area (Å²) in [5, 5.41) is 6.09. The van der Waals surface area contributed by atoms with E-state index in [0.717, 1.165) is 6.42 Å². The largest absolute Gasteiger partial charge is 0.354 e. The molecular formula is C17H29N3O. The summed E-state index contributed by atoms with van der Waals surface area (Å²) in [4.78, 5) is 14.2. The fraction of sp³-hybridized carbons (Fsp3) is 0.588. The Morgan fingerprint density at radius 2 is 1.81 bits per heavy atom. The van der Waals surface area contributed by atoms with Crippen molar-refractivity contribution in [2.45, 2.75) is 26.3 Å². The first-order valence-electron chi connectivity index (χ1n) is 7.67. The molecule has 0 spiro atoms. The average molecular weight is 291 g/mol. The van der Waals surface area contributed by atoms with Crippen LogP contribution in [0.3, 0.4) is 0 Å². The molecule has 0 aliphatic rings. The van der Waals surface area contributed by atoms with E-state index in [-0.39, 0.29) is 17.9 Å². The van der Waals surface area contributed by atoms with E-state index < -0.39 is 0 Å². The molecule has 1 amide bonds. The van der Waals surface area contributed by atoms with Gasteiger partial charge in [0.25, 0.3) is 0 Å². The summed E-state index contributed by atoms with van der Waals surface area (Å²) >= 11 is 0. The predicted octanol–water partition coefficient (Wildman–Crippen LogP) is 1.82. The van der Waals surface area contributed by atoms with Crippen LogP contribution in [0.15, 0.2) is 24.3 Å². The van der Waals surface area contributed by atoms with E-state index in [1.807, 2.05) is 28.1 Å². The zero-order chi connectivity index (χ0) is 15.8. The monoisotopic (exact) mass is 291 g/mol. The van der Waals surface area contributed by atoms with Crippen LogP contribution >= 0.6 is 0 Å². The minimum absolute atomic E-state index is 0.0136. The summed E-state index contributed by atoms with van der Waals surface area (Å²) in [6.07, 6.45) is 1.05. The summed E-state index contributed by atoms with van der Waals surface area (Å²) in [5.74, 6) is 0.0849. The molecule has 2 N–H and O–H groups in total. The Kier molecular flexibility index (Phi) is 7.40. The Bertz CT molecular complexity index is 428. The molecule has 0 bridgehead atoms.